The summed E-state index contributed by atoms with van der Waals surface area (Å²) >= 11 is 0. The summed E-state index contributed by atoms with van der Waals surface area (Å²) in [7, 11) is 0. The molecule has 0 saturated carbocycles. The van der Waals surface area contributed by atoms with Gasteiger partial charge in [-0.2, -0.15) is 0 Å². The van der Waals surface area contributed by atoms with Crippen molar-refractivity contribution in [1.29, 1.82) is 0 Å². The second-order valence-electron chi connectivity index (χ2n) is 5.40. The summed E-state index contributed by atoms with van der Waals surface area (Å²) in [4.78, 5) is 0. The van der Waals surface area contributed by atoms with Gasteiger partial charge in [-0.15, -0.1) is 0 Å². The number of nitrogens with zero attached hydrogens (tertiary/aromatic N) is 1. The molecule has 2 aromatic rings. The molecule has 0 heterocycles. The molecule has 0 fully saturated rings. The molecule has 0 bridgehead atoms. The Labute approximate surface area is 125 Å². The predicted octanol–water partition coefficient (Wildman–Crippen LogP) is 4.39. The Morgan fingerprint density at radius 3 is 2.43 bits per heavy atom. The molecule has 0 aliphatic carbocycles. The molecule has 110 valence electrons. The van der Waals surface area contributed by atoms with Gasteiger partial charge in [-0.25, -0.2) is 0 Å². The highest BCUT2D eigenvalue weighted by Crippen LogP contribution is 2.23. The van der Waals surface area contributed by atoms with Crippen molar-refractivity contribution < 1.29 is 9.94 Å². The quantitative estimate of drug-likeness (QED) is 0.513. The van der Waals surface area contributed by atoms with E-state index >= 15 is 0 Å². The third-order valence-corrected chi connectivity index (χ3v) is 3.56. The van der Waals surface area contributed by atoms with Gasteiger partial charge in [0.05, 0.1) is 5.71 Å². The molecule has 0 spiro atoms. The fourth-order valence-electron chi connectivity index (χ4n) is 2.22. The predicted molar refractivity (Wildman–Crippen MR) is 85.4 cm³/mol. The zero-order valence-corrected chi connectivity index (χ0v) is 13.0. The van der Waals surface area contributed by atoms with Crippen LogP contribution in [0.25, 0.3) is 0 Å². The molecule has 3 nitrogen and oxygen atoms in total. The molecule has 0 radical (unpaired) electrons. The summed E-state index contributed by atoms with van der Waals surface area (Å²) in [5.41, 5.74) is 6.07. The lowest BCUT2D eigenvalue weighted by molar-refractivity contribution is 0.302. The number of aryl methyl sites for hydroxylation is 3. The molecule has 0 unspecified atom stereocenters. The van der Waals surface area contributed by atoms with Crippen LogP contribution in [0, 0.1) is 20.8 Å². The highest BCUT2D eigenvalue weighted by atomic mass is 16.5. The molecular weight excluding hydrogens is 262 g/mol. The molecule has 0 aliphatic rings. The molecular formula is C18H21NO2. The van der Waals surface area contributed by atoms with Gasteiger partial charge in [-0.05, 0) is 51.0 Å². The summed E-state index contributed by atoms with van der Waals surface area (Å²) in [6, 6.07) is 12.2. The van der Waals surface area contributed by atoms with Gasteiger partial charge in [0.2, 0.25) is 0 Å². The number of rotatable bonds is 4. The Bertz CT molecular complexity index is 675. The van der Waals surface area contributed by atoms with Crippen LogP contribution in [0.15, 0.2) is 41.6 Å². The van der Waals surface area contributed by atoms with Crippen molar-refractivity contribution >= 4 is 5.71 Å². The van der Waals surface area contributed by atoms with Crippen molar-refractivity contribution in [2.24, 2.45) is 5.16 Å². The number of hydrogen-bond acceptors (Lipinski definition) is 3. The first kappa shape index (κ1) is 15.1. The molecule has 2 rings (SSSR count). The average molecular weight is 283 g/mol. The average Bonchev–Trinajstić information content (AvgIpc) is 2.48. The van der Waals surface area contributed by atoms with Crippen molar-refractivity contribution in [3.8, 4) is 5.75 Å². The van der Waals surface area contributed by atoms with Gasteiger partial charge in [0.15, 0.2) is 0 Å². The lowest BCUT2D eigenvalue weighted by atomic mass is 10.1. The SMILES string of the molecule is CC(=NO)c1cc(C)ccc1OCc1cc(C)ccc1C. The van der Waals surface area contributed by atoms with E-state index in [0.717, 1.165) is 16.9 Å². The van der Waals surface area contributed by atoms with Crippen molar-refractivity contribution in [3.05, 3.63) is 64.2 Å². The van der Waals surface area contributed by atoms with Crippen LogP contribution in [-0.4, -0.2) is 10.9 Å². The summed E-state index contributed by atoms with van der Waals surface area (Å²) in [6.45, 7) is 8.42. The zero-order valence-electron chi connectivity index (χ0n) is 13.0. The summed E-state index contributed by atoms with van der Waals surface area (Å²) < 4.78 is 5.95. The van der Waals surface area contributed by atoms with Gasteiger partial charge in [-0.1, -0.05) is 40.5 Å². The van der Waals surface area contributed by atoms with Crippen molar-refractivity contribution in [2.75, 3.05) is 0 Å². The highest BCUT2D eigenvalue weighted by molar-refractivity contribution is 6.00. The van der Waals surface area contributed by atoms with Crippen LogP contribution >= 0.6 is 0 Å². The van der Waals surface area contributed by atoms with E-state index < -0.39 is 0 Å². The Balaban J connectivity index is 2.26. The largest absolute Gasteiger partial charge is 0.488 e. The Kier molecular flexibility index (Phi) is 4.63. The maximum absolute atomic E-state index is 9.00. The van der Waals surface area contributed by atoms with Crippen molar-refractivity contribution in [3.63, 3.8) is 0 Å². The van der Waals surface area contributed by atoms with Crippen molar-refractivity contribution in [2.45, 2.75) is 34.3 Å². The number of ether oxygens (including phenoxy) is 1. The van der Waals surface area contributed by atoms with Gasteiger partial charge in [0.25, 0.3) is 0 Å². The van der Waals surface area contributed by atoms with Crippen LogP contribution in [0.4, 0.5) is 0 Å². The zero-order chi connectivity index (χ0) is 15.4. The van der Waals surface area contributed by atoms with E-state index in [-0.39, 0.29) is 0 Å². The molecule has 3 heteroatoms. The first-order chi connectivity index (χ1) is 10.0. The topological polar surface area (TPSA) is 41.8 Å². The van der Waals surface area contributed by atoms with Gasteiger partial charge in [-0.3, -0.25) is 0 Å². The molecule has 0 saturated heterocycles. The first-order valence-electron chi connectivity index (χ1n) is 7.00. The van der Waals surface area contributed by atoms with E-state index in [1.807, 2.05) is 25.1 Å². The van der Waals surface area contributed by atoms with Crippen LogP contribution in [0.1, 0.15) is 34.7 Å². The van der Waals surface area contributed by atoms with Crippen LogP contribution in [0.3, 0.4) is 0 Å². The maximum Gasteiger partial charge on any atom is 0.128 e. The number of benzene rings is 2. The van der Waals surface area contributed by atoms with Crippen LogP contribution in [-0.2, 0) is 6.61 Å². The molecule has 0 amide bonds. The van der Waals surface area contributed by atoms with Crippen LogP contribution in [0.5, 0.6) is 5.75 Å². The highest BCUT2D eigenvalue weighted by Gasteiger charge is 2.09. The van der Waals surface area contributed by atoms with E-state index in [1.165, 1.54) is 16.7 Å². The van der Waals surface area contributed by atoms with Gasteiger partial charge in [0, 0.05) is 5.56 Å². The van der Waals surface area contributed by atoms with Gasteiger partial charge >= 0.3 is 0 Å². The van der Waals surface area contributed by atoms with Gasteiger partial charge < -0.3 is 9.94 Å². The second kappa shape index (κ2) is 6.44. The molecule has 0 aromatic heterocycles. The molecule has 1 N–H and O–H groups in total. The Hall–Kier alpha value is -2.29. The van der Waals surface area contributed by atoms with E-state index in [1.54, 1.807) is 6.92 Å². The smallest absolute Gasteiger partial charge is 0.128 e. The normalized spacial score (nSPS) is 11.5. The monoisotopic (exact) mass is 283 g/mol. The minimum atomic E-state index is 0.502. The van der Waals surface area contributed by atoms with E-state index in [0.29, 0.717) is 12.3 Å². The third-order valence-electron chi connectivity index (χ3n) is 3.56. The van der Waals surface area contributed by atoms with Crippen molar-refractivity contribution in [1.82, 2.24) is 0 Å². The molecule has 21 heavy (non-hydrogen) atoms. The molecule has 0 atom stereocenters. The lowest BCUT2D eigenvalue weighted by Gasteiger charge is -2.13. The summed E-state index contributed by atoms with van der Waals surface area (Å²) in [5, 5.41) is 12.3. The second-order valence-corrected chi connectivity index (χ2v) is 5.40. The van der Waals surface area contributed by atoms with Crippen LogP contribution in [0.2, 0.25) is 0 Å². The Morgan fingerprint density at radius 1 is 1.05 bits per heavy atom. The standard InChI is InChI=1S/C18H21NO2/c1-12-5-7-14(3)16(9-12)11-21-18-8-6-13(2)10-17(18)15(4)19-20/h5-10,20H,11H2,1-4H3. The molecule has 2 aromatic carbocycles. The van der Waals surface area contributed by atoms with E-state index in [2.05, 4.69) is 37.2 Å². The first-order valence-corrected chi connectivity index (χ1v) is 7.00. The Morgan fingerprint density at radius 2 is 1.71 bits per heavy atom. The van der Waals surface area contributed by atoms with E-state index in [9.17, 15) is 0 Å². The number of hydrogen-bond donors (Lipinski definition) is 1. The fourth-order valence-corrected chi connectivity index (χ4v) is 2.22. The minimum Gasteiger partial charge on any atom is -0.488 e. The summed E-state index contributed by atoms with van der Waals surface area (Å²) in [5.74, 6) is 0.733. The van der Waals surface area contributed by atoms with Gasteiger partial charge in [0.1, 0.15) is 12.4 Å². The third kappa shape index (κ3) is 3.63. The lowest BCUT2D eigenvalue weighted by Crippen LogP contribution is -2.04. The molecule has 0 aliphatic heterocycles. The maximum atomic E-state index is 9.00. The number of oxime groups is 1. The van der Waals surface area contributed by atoms with Crippen LogP contribution < -0.4 is 4.74 Å². The summed E-state index contributed by atoms with van der Waals surface area (Å²) in [6.07, 6.45) is 0. The fraction of sp³-hybridized carbons (Fsp3) is 0.278. The minimum absolute atomic E-state index is 0.502. The van der Waals surface area contributed by atoms with E-state index in [4.69, 9.17) is 9.94 Å².